The van der Waals surface area contributed by atoms with Crippen molar-refractivity contribution in [3.8, 4) is 5.75 Å². The van der Waals surface area contributed by atoms with Crippen LogP contribution in [0.25, 0.3) is 0 Å². The number of hydrogen-bond donors (Lipinski definition) is 1. The van der Waals surface area contributed by atoms with Crippen LogP contribution in [-0.4, -0.2) is 30.5 Å². The van der Waals surface area contributed by atoms with Gasteiger partial charge in [0.15, 0.2) is 0 Å². The summed E-state index contributed by atoms with van der Waals surface area (Å²) in [6.07, 6.45) is 0.455. The largest absolute Gasteiger partial charge is 0.496 e. The molecule has 3 nitrogen and oxygen atoms in total. The quantitative estimate of drug-likeness (QED) is 0.906. The van der Waals surface area contributed by atoms with Crippen LogP contribution in [0.4, 0.5) is 0 Å². The Morgan fingerprint density at radius 3 is 2.33 bits per heavy atom. The number of benzene rings is 1. The first-order valence-electron chi connectivity index (χ1n) is 5.83. The SMILES string of the molecule is COc1ccc(Br)cc1CC(C)(O)C(C)(C)OC. The van der Waals surface area contributed by atoms with E-state index in [0.717, 1.165) is 15.8 Å². The topological polar surface area (TPSA) is 38.7 Å². The number of methoxy groups -OCH3 is 2. The minimum absolute atomic E-state index is 0.455. The van der Waals surface area contributed by atoms with Crippen molar-refractivity contribution in [2.75, 3.05) is 14.2 Å². The third-order valence-electron chi connectivity index (χ3n) is 3.58. The molecule has 4 heteroatoms. The van der Waals surface area contributed by atoms with Gasteiger partial charge in [0.05, 0.1) is 18.3 Å². The normalized spacial score (nSPS) is 15.3. The van der Waals surface area contributed by atoms with Gasteiger partial charge in [0, 0.05) is 18.0 Å². The van der Waals surface area contributed by atoms with E-state index in [4.69, 9.17) is 9.47 Å². The fourth-order valence-electron chi connectivity index (χ4n) is 1.69. The van der Waals surface area contributed by atoms with Gasteiger partial charge in [-0.05, 0) is 44.5 Å². The second-order valence-electron chi connectivity index (χ2n) is 5.12. The molecule has 0 aromatic heterocycles. The summed E-state index contributed by atoms with van der Waals surface area (Å²) < 4.78 is 11.7. The van der Waals surface area contributed by atoms with E-state index in [9.17, 15) is 5.11 Å². The highest BCUT2D eigenvalue weighted by atomic mass is 79.9. The first kappa shape index (κ1) is 15.5. The molecule has 1 aromatic carbocycles. The maximum Gasteiger partial charge on any atom is 0.122 e. The summed E-state index contributed by atoms with van der Waals surface area (Å²) in [5, 5.41) is 10.6. The molecule has 0 saturated carbocycles. The van der Waals surface area contributed by atoms with E-state index >= 15 is 0 Å². The zero-order valence-electron chi connectivity index (χ0n) is 11.6. The van der Waals surface area contributed by atoms with Gasteiger partial charge in [0.2, 0.25) is 0 Å². The summed E-state index contributed by atoms with van der Waals surface area (Å²) in [5.74, 6) is 0.769. The van der Waals surface area contributed by atoms with Crippen molar-refractivity contribution < 1.29 is 14.6 Å². The van der Waals surface area contributed by atoms with Crippen molar-refractivity contribution in [3.63, 3.8) is 0 Å². The lowest BCUT2D eigenvalue weighted by molar-refractivity contribution is -0.139. The molecule has 0 amide bonds. The van der Waals surface area contributed by atoms with E-state index in [0.29, 0.717) is 6.42 Å². The second-order valence-corrected chi connectivity index (χ2v) is 6.04. The Morgan fingerprint density at radius 2 is 1.83 bits per heavy atom. The molecule has 0 heterocycles. The molecule has 0 fully saturated rings. The molecular formula is C14H21BrO3. The zero-order chi connectivity index (χ0) is 14.0. The molecule has 102 valence electrons. The lowest BCUT2D eigenvalue weighted by Gasteiger charge is -2.39. The van der Waals surface area contributed by atoms with E-state index in [-0.39, 0.29) is 0 Å². The lowest BCUT2D eigenvalue weighted by Crippen LogP contribution is -2.50. The van der Waals surface area contributed by atoms with E-state index < -0.39 is 11.2 Å². The minimum atomic E-state index is -0.990. The fourth-order valence-corrected chi connectivity index (χ4v) is 2.10. The standard InChI is InChI=1S/C14H21BrO3/c1-13(2,18-5)14(3,16)9-10-8-11(15)6-7-12(10)17-4/h6-8,16H,9H2,1-5H3. The predicted molar refractivity (Wildman–Crippen MR) is 76.1 cm³/mol. The van der Waals surface area contributed by atoms with Crippen LogP contribution in [0.5, 0.6) is 5.75 Å². The molecule has 1 rings (SSSR count). The van der Waals surface area contributed by atoms with Crippen molar-refractivity contribution in [1.29, 1.82) is 0 Å². The monoisotopic (exact) mass is 316 g/mol. The third-order valence-corrected chi connectivity index (χ3v) is 4.08. The number of aliphatic hydroxyl groups is 1. The average Bonchev–Trinajstić information content (AvgIpc) is 2.28. The van der Waals surface area contributed by atoms with Crippen LogP contribution in [0.1, 0.15) is 26.3 Å². The summed E-state index contributed by atoms with van der Waals surface area (Å²) >= 11 is 3.43. The van der Waals surface area contributed by atoms with Crippen LogP contribution >= 0.6 is 15.9 Å². The van der Waals surface area contributed by atoms with Crippen LogP contribution in [0.3, 0.4) is 0 Å². The maximum atomic E-state index is 10.6. The zero-order valence-corrected chi connectivity index (χ0v) is 13.2. The first-order chi connectivity index (χ1) is 8.23. The molecule has 0 aliphatic heterocycles. The fraction of sp³-hybridized carbons (Fsp3) is 0.571. The van der Waals surface area contributed by atoms with Crippen LogP contribution in [-0.2, 0) is 11.2 Å². The van der Waals surface area contributed by atoms with Gasteiger partial charge in [0.1, 0.15) is 5.75 Å². The minimum Gasteiger partial charge on any atom is -0.496 e. The highest BCUT2D eigenvalue weighted by Gasteiger charge is 2.40. The van der Waals surface area contributed by atoms with Crippen molar-refractivity contribution in [3.05, 3.63) is 28.2 Å². The molecule has 1 atom stereocenters. The molecule has 0 spiro atoms. The van der Waals surface area contributed by atoms with Gasteiger partial charge in [-0.25, -0.2) is 0 Å². The molecule has 0 saturated heterocycles. The van der Waals surface area contributed by atoms with Gasteiger partial charge in [-0.2, -0.15) is 0 Å². The number of hydrogen-bond acceptors (Lipinski definition) is 3. The smallest absolute Gasteiger partial charge is 0.122 e. The van der Waals surface area contributed by atoms with Crippen molar-refractivity contribution in [2.24, 2.45) is 0 Å². The Morgan fingerprint density at radius 1 is 1.22 bits per heavy atom. The predicted octanol–water partition coefficient (Wildman–Crippen LogP) is 3.18. The van der Waals surface area contributed by atoms with Gasteiger partial charge < -0.3 is 14.6 Å². The van der Waals surface area contributed by atoms with Crippen LogP contribution < -0.4 is 4.74 Å². The average molecular weight is 317 g/mol. The third kappa shape index (κ3) is 3.25. The summed E-state index contributed by atoms with van der Waals surface area (Å²) in [7, 11) is 3.23. The molecule has 0 aliphatic carbocycles. The number of rotatable bonds is 5. The second kappa shape index (κ2) is 5.59. The van der Waals surface area contributed by atoms with Crippen LogP contribution in [0.2, 0.25) is 0 Å². The van der Waals surface area contributed by atoms with Gasteiger partial charge in [-0.3, -0.25) is 0 Å². The molecule has 0 bridgehead atoms. The van der Waals surface area contributed by atoms with Crippen LogP contribution in [0, 0.1) is 0 Å². The Labute approximate surface area is 117 Å². The van der Waals surface area contributed by atoms with Crippen molar-refractivity contribution in [1.82, 2.24) is 0 Å². The molecule has 0 radical (unpaired) electrons. The van der Waals surface area contributed by atoms with E-state index in [2.05, 4.69) is 15.9 Å². The Balaban J connectivity index is 3.07. The summed E-state index contributed by atoms with van der Waals surface area (Å²) in [5.41, 5.74) is -0.683. The molecule has 1 unspecified atom stereocenters. The van der Waals surface area contributed by atoms with Gasteiger partial charge >= 0.3 is 0 Å². The summed E-state index contributed by atoms with van der Waals surface area (Å²) in [6, 6.07) is 5.76. The number of halogens is 1. The molecular weight excluding hydrogens is 296 g/mol. The lowest BCUT2D eigenvalue weighted by atomic mass is 9.82. The molecule has 0 aliphatic rings. The Bertz CT molecular complexity index is 414. The van der Waals surface area contributed by atoms with Gasteiger partial charge in [-0.15, -0.1) is 0 Å². The highest BCUT2D eigenvalue weighted by molar-refractivity contribution is 9.10. The van der Waals surface area contributed by atoms with Crippen molar-refractivity contribution >= 4 is 15.9 Å². The van der Waals surface area contributed by atoms with E-state index in [1.54, 1.807) is 21.1 Å². The van der Waals surface area contributed by atoms with Crippen LogP contribution in [0.15, 0.2) is 22.7 Å². The highest BCUT2D eigenvalue weighted by Crippen LogP contribution is 2.33. The van der Waals surface area contributed by atoms with E-state index in [1.165, 1.54) is 0 Å². The van der Waals surface area contributed by atoms with Crippen molar-refractivity contribution in [2.45, 2.75) is 38.4 Å². The Hall–Kier alpha value is -0.580. The summed E-state index contributed by atoms with van der Waals surface area (Å²) in [6.45, 7) is 5.52. The van der Waals surface area contributed by atoms with Gasteiger partial charge in [-0.1, -0.05) is 15.9 Å². The summed E-state index contributed by atoms with van der Waals surface area (Å²) in [4.78, 5) is 0. The van der Waals surface area contributed by atoms with Gasteiger partial charge in [0.25, 0.3) is 0 Å². The Kier molecular flexibility index (Phi) is 4.81. The maximum absolute atomic E-state index is 10.6. The molecule has 18 heavy (non-hydrogen) atoms. The van der Waals surface area contributed by atoms with E-state index in [1.807, 2.05) is 32.0 Å². The molecule has 1 aromatic rings. The number of ether oxygens (including phenoxy) is 2. The molecule has 1 N–H and O–H groups in total. The first-order valence-corrected chi connectivity index (χ1v) is 6.63.